The summed E-state index contributed by atoms with van der Waals surface area (Å²) in [4.78, 5) is 25.2. The third kappa shape index (κ3) is 3.12. The van der Waals surface area contributed by atoms with E-state index in [2.05, 4.69) is 13.8 Å². The van der Waals surface area contributed by atoms with E-state index < -0.39 is 23.1 Å². The van der Waals surface area contributed by atoms with Crippen molar-refractivity contribution in [3.05, 3.63) is 11.6 Å². The minimum Gasteiger partial charge on any atom is -0.447 e. The highest BCUT2D eigenvalue weighted by molar-refractivity contribution is 7.98. The molecule has 168 valence electrons. The van der Waals surface area contributed by atoms with Gasteiger partial charge >= 0.3 is 5.97 Å². The van der Waals surface area contributed by atoms with Gasteiger partial charge in [0, 0.05) is 11.8 Å². The van der Waals surface area contributed by atoms with Gasteiger partial charge in [-0.25, -0.2) is 4.79 Å². The number of rotatable bonds is 5. The summed E-state index contributed by atoms with van der Waals surface area (Å²) in [5.41, 5.74) is -0.498. The lowest BCUT2D eigenvalue weighted by Gasteiger charge is -2.60. The molecule has 4 aliphatic rings. The molecule has 0 bridgehead atoms. The van der Waals surface area contributed by atoms with E-state index in [0.29, 0.717) is 31.1 Å². The summed E-state index contributed by atoms with van der Waals surface area (Å²) in [6.07, 6.45) is 8.43. The summed E-state index contributed by atoms with van der Waals surface area (Å²) < 4.78 is 11.6. The zero-order valence-electron chi connectivity index (χ0n) is 18.1. The molecule has 0 amide bonds. The minimum absolute atomic E-state index is 0.115. The number of carbonyl (C=O) groups excluding carboxylic acids is 2. The van der Waals surface area contributed by atoms with Gasteiger partial charge in [-0.1, -0.05) is 31.0 Å². The number of hydrogen-bond donors (Lipinski definition) is 1. The lowest BCUT2D eigenvalue weighted by molar-refractivity contribution is -0.206. The first-order valence-electron chi connectivity index (χ1n) is 11.0. The van der Waals surface area contributed by atoms with Crippen LogP contribution in [0.1, 0.15) is 58.8 Å². The first-order chi connectivity index (χ1) is 14.2. The number of allylic oxidation sites excluding steroid dienone is 1. The second-order valence-electron chi connectivity index (χ2n) is 10.0. The number of carbonyl (C=O) groups is 2. The Morgan fingerprint density at radius 1 is 1.30 bits per heavy atom. The number of alkyl halides is 1. The Bertz CT molecular complexity index is 756. The summed E-state index contributed by atoms with van der Waals surface area (Å²) >= 11 is 7.28. The van der Waals surface area contributed by atoms with E-state index in [1.165, 1.54) is 17.3 Å². The van der Waals surface area contributed by atoms with Crippen molar-refractivity contribution >= 4 is 35.1 Å². The maximum atomic E-state index is 13.2. The number of esters is 1. The third-order valence-corrected chi connectivity index (χ3v) is 9.42. The Balaban J connectivity index is 1.72. The van der Waals surface area contributed by atoms with Crippen LogP contribution in [0, 0.1) is 28.6 Å². The van der Waals surface area contributed by atoms with E-state index in [1.807, 2.05) is 12.3 Å². The van der Waals surface area contributed by atoms with Crippen molar-refractivity contribution in [1.29, 1.82) is 0 Å². The van der Waals surface area contributed by atoms with Gasteiger partial charge in [-0.3, -0.25) is 4.79 Å². The minimum atomic E-state index is -1.07. The van der Waals surface area contributed by atoms with Crippen molar-refractivity contribution in [3.63, 3.8) is 0 Å². The van der Waals surface area contributed by atoms with Gasteiger partial charge in [-0.2, -0.15) is 0 Å². The van der Waals surface area contributed by atoms with Crippen LogP contribution >= 0.6 is 23.4 Å². The van der Waals surface area contributed by atoms with Crippen LogP contribution in [0.2, 0.25) is 0 Å². The average molecular weight is 457 g/mol. The molecule has 5 nitrogen and oxygen atoms in total. The molecule has 0 aromatic rings. The number of aliphatic hydroxyl groups excluding tert-OH is 1. The second kappa shape index (κ2) is 8.09. The number of ether oxygens (including phenoxy) is 2. The van der Waals surface area contributed by atoms with Crippen molar-refractivity contribution in [2.45, 2.75) is 70.5 Å². The van der Waals surface area contributed by atoms with Crippen LogP contribution in [0.4, 0.5) is 0 Å². The smallest absolute Gasteiger partial charge is 0.340 e. The van der Waals surface area contributed by atoms with Crippen molar-refractivity contribution in [1.82, 2.24) is 0 Å². The molecular formula is C23H33ClO5S. The number of halogens is 1. The summed E-state index contributed by atoms with van der Waals surface area (Å²) in [5.74, 6) is 0.906. The standard InChI is InChI=1S/C23H33ClO5S/c1-21-8-6-15(25)10-14(21)4-5-16-17-7-9-23(29-13-30-3,20(27)28-12-24)22(17,2)11-18(26)19(16)21/h10,16-19,26H,4-9,11-13H2,1-3H3/t16-,17-,18-,19+,21-,22-,23-/m0/s1. The van der Waals surface area contributed by atoms with Crippen molar-refractivity contribution in [2.24, 2.45) is 28.6 Å². The molecule has 0 aromatic carbocycles. The first-order valence-corrected chi connectivity index (χ1v) is 12.9. The molecule has 3 saturated carbocycles. The van der Waals surface area contributed by atoms with Gasteiger partial charge in [0.25, 0.3) is 0 Å². The summed E-state index contributed by atoms with van der Waals surface area (Å²) in [6, 6.07) is -0.196. The molecule has 0 heterocycles. The maximum Gasteiger partial charge on any atom is 0.340 e. The molecule has 0 spiro atoms. The van der Waals surface area contributed by atoms with E-state index >= 15 is 0 Å². The number of fused-ring (bicyclic) bond motifs is 5. The predicted octanol–water partition coefficient (Wildman–Crippen LogP) is 4.30. The topological polar surface area (TPSA) is 72.8 Å². The van der Waals surface area contributed by atoms with Gasteiger partial charge in [0.05, 0.1) is 12.0 Å². The van der Waals surface area contributed by atoms with Crippen LogP contribution in [-0.4, -0.2) is 46.8 Å². The highest BCUT2D eigenvalue weighted by Gasteiger charge is 2.70. The van der Waals surface area contributed by atoms with Gasteiger partial charge in [-0.05, 0) is 74.0 Å². The van der Waals surface area contributed by atoms with Gasteiger partial charge in [0.2, 0.25) is 0 Å². The molecule has 0 aliphatic heterocycles. The fourth-order valence-electron chi connectivity index (χ4n) is 7.63. The van der Waals surface area contributed by atoms with E-state index in [-0.39, 0.29) is 29.1 Å². The van der Waals surface area contributed by atoms with E-state index in [1.54, 1.807) is 0 Å². The predicted molar refractivity (Wildman–Crippen MR) is 117 cm³/mol. The van der Waals surface area contributed by atoms with Crippen LogP contribution in [0.3, 0.4) is 0 Å². The zero-order chi connectivity index (χ0) is 21.7. The number of aliphatic hydroxyl groups is 1. The van der Waals surface area contributed by atoms with Gasteiger partial charge < -0.3 is 14.6 Å². The Kier molecular flexibility index (Phi) is 6.10. The molecule has 0 radical (unpaired) electrons. The van der Waals surface area contributed by atoms with Crippen LogP contribution in [0.5, 0.6) is 0 Å². The molecule has 0 saturated heterocycles. The third-order valence-electron chi connectivity index (χ3n) is 8.95. The molecule has 7 atom stereocenters. The number of hydrogen-bond acceptors (Lipinski definition) is 6. The summed E-state index contributed by atoms with van der Waals surface area (Å²) in [6.45, 7) is 4.35. The van der Waals surface area contributed by atoms with Crippen LogP contribution in [0.15, 0.2) is 11.6 Å². The monoisotopic (exact) mass is 456 g/mol. The molecule has 7 heteroatoms. The second-order valence-corrected chi connectivity index (χ2v) is 11.1. The molecule has 30 heavy (non-hydrogen) atoms. The van der Waals surface area contributed by atoms with Crippen molar-refractivity contribution in [3.8, 4) is 0 Å². The molecule has 4 aliphatic carbocycles. The summed E-state index contributed by atoms with van der Waals surface area (Å²) in [7, 11) is 0. The van der Waals surface area contributed by atoms with Crippen LogP contribution in [0.25, 0.3) is 0 Å². The highest BCUT2D eigenvalue weighted by Crippen LogP contribution is 2.68. The van der Waals surface area contributed by atoms with Gasteiger partial charge in [-0.15, -0.1) is 11.8 Å². The Hall–Kier alpha value is -0.560. The van der Waals surface area contributed by atoms with E-state index in [4.69, 9.17) is 21.1 Å². The maximum absolute atomic E-state index is 13.2. The molecule has 1 N–H and O–H groups in total. The largest absolute Gasteiger partial charge is 0.447 e. The van der Waals surface area contributed by atoms with Crippen molar-refractivity contribution in [2.75, 3.05) is 18.3 Å². The van der Waals surface area contributed by atoms with Crippen LogP contribution in [-0.2, 0) is 19.1 Å². The van der Waals surface area contributed by atoms with Crippen LogP contribution < -0.4 is 0 Å². The lowest BCUT2D eigenvalue weighted by Crippen LogP contribution is -2.62. The number of ketones is 1. The number of thioether (sulfide) groups is 1. The highest BCUT2D eigenvalue weighted by atomic mass is 35.5. The van der Waals surface area contributed by atoms with E-state index in [0.717, 1.165) is 25.7 Å². The van der Waals surface area contributed by atoms with Crippen molar-refractivity contribution < 1.29 is 24.2 Å². The lowest BCUT2D eigenvalue weighted by atomic mass is 9.45. The van der Waals surface area contributed by atoms with E-state index in [9.17, 15) is 14.7 Å². The fraction of sp³-hybridized carbons (Fsp3) is 0.826. The Morgan fingerprint density at radius 2 is 2.07 bits per heavy atom. The molecule has 0 aromatic heterocycles. The SMILES string of the molecule is CSCO[C@]1(C(=O)OCCl)CC[C@H]2[C@@H]3CCC4=CC(=O)CC[C@]4(C)[C@H]3[C@@H](O)C[C@@]21C. The quantitative estimate of drug-likeness (QED) is 0.377. The molecule has 4 rings (SSSR count). The Morgan fingerprint density at radius 3 is 2.77 bits per heavy atom. The fourth-order valence-corrected chi connectivity index (χ4v) is 8.05. The normalized spacial score (nSPS) is 45.2. The summed E-state index contributed by atoms with van der Waals surface area (Å²) in [5, 5.41) is 11.5. The average Bonchev–Trinajstić information content (AvgIpc) is 2.99. The van der Waals surface area contributed by atoms with Gasteiger partial charge in [0.1, 0.15) is 0 Å². The molecule has 0 unspecified atom stereocenters. The zero-order valence-corrected chi connectivity index (χ0v) is 19.7. The molecular weight excluding hydrogens is 424 g/mol. The van der Waals surface area contributed by atoms with Gasteiger partial charge in [0.15, 0.2) is 17.5 Å². The Labute approximate surface area is 188 Å². The molecule has 3 fully saturated rings. The first kappa shape index (κ1) is 22.6.